The van der Waals surface area contributed by atoms with Crippen LogP contribution in [-0.2, 0) is 0 Å². The molecule has 1 aliphatic carbocycles. The van der Waals surface area contributed by atoms with Gasteiger partial charge in [0.15, 0.2) is 0 Å². The van der Waals surface area contributed by atoms with Crippen LogP contribution in [0.3, 0.4) is 0 Å². The highest BCUT2D eigenvalue weighted by Crippen LogP contribution is 2.30. The van der Waals surface area contributed by atoms with Crippen LogP contribution in [0.1, 0.15) is 35.0 Å². The topological polar surface area (TPSA) is 24.9 Å². The van der Waals surface area contributed by atoms with Crippen LogP contribution in [0.25, 0.3) is 0 Å². The zero-order valence-electron chi connectivity index (χ0n) is 10.2. The summed E-state index contributed by atoms with van der Waals surface area (Å²) in [5, 5.41) is 6.61. The molecule has 0 bridgehead atoms. The van der Waals surface area contributed by atoms with Crippen LogP contribution in [0, 0.1) is 12.7 Å². The van der Waals surface area contributed by atoms with Crippen LogP contribution in [-0.4, -0.2) is 11.0 Å². The average molecular weight is 262 g/mol. The molecule has 1 saturated carbocycles. The molecule has 0 radical (unpaired) electrons. The molecular formula is C14H15FN2S. The van der Waals surface area contributed by atoms with E-state index >= 15 is 0 Å². The molecule has 94 valence electrons. The second-order valence-corrected chi connectivity index (χ2v) is 5.68. The molecule has 1 heterocycles. The fourth-order valence-electron chi connectivity index (χ4n) is 2.02. The van der Waals surface area contributed by atoms with Crippen LogP contribution in [0.5, 0.6) is 0 Å². The lowest BCUT2D eigenvalue weighted by Gasteiger charge is -2.17. The van der Waals surface area contributed by atoms with E-state index in [9.17, 15) is 4.39 Å². The molecule has 0 aliphatic heterocycles. The number of aryl methyl sites for hydroxylation is 1. The van der Waals surface area contributed by atoms with Gasteiger partial charge in [-0.1, -0.05) is 12.1 Å². The Morgan fingerprint density at radius 1 is 1.44 bits per heavy atom. The van der Waals surface area contributed by atoms with Crippen LogP contribution >= 0.6 is 11.3 Å². The van der Waals surface area contributed by atoms with Crippen molar-refractivity contribution in [3.8, 4) is 0 Å². The van der Waals surface area contributed by atoms with Gasteiger partial charge in [-0.15, -0.1) is 11.3 Å². The fraction of sp³-hybridized carbons (Fsp3) is 0.357. The zero-order valence-corrected chi connectivity index (χ0v) is 11.0. The van der Waals surface area contributed by atoms with Crippen molar-refractivity contribution in [2.24, 2.45) is 0 Å². The van der Waals surface area contributed by atoms with Gasteiger partial charge in [-0.3, -0.25) is 0 Å². The van der Waals surface area contributed by atoms with Crippen LogP contribution in [0.2, 0.25) is 0 Å². The van der Waals surface area contributed by atoms with Crippen LogP contribution in [0.15, 0.2) is 29.8 Å². The van der Waals surface area contributed by atoms with E-state index in [0.717, 1.165) is 10.6 Å². The minimum atomic E-state index is -0.150. The Bertz CT molecular complexity index is 535. The van der Waals surface area contributed by atoms with Crippen LogP contribution < -0.4 is 5.32 Å². The summed E-state index contributed by atoms with van der Waals surface area (Å²) in [6, 6.07) is 5.99. The van der Waals surface area contributed by atoms with Gasteiger partial charge >= 0.3 is 0 Å². The molecule has 2 aromatic rings. The van der Waals surface area contributed by atoms with Crippen LogP contribution in [0.4, 0.5) is 4.39 Å². The highest BCUT2D eigenvalue weighted by molar-refractivity contribution is 7.09. The molecule has 1 fully saturated rings. The molecule has 1 aliphatic rings. The third kappa shape index (κ3) is 2.44. The Kier molecular flexibility index (Phi) is 3.14. The molecule has 4 heteroatoms. The van der Waals surface area contributed by atoms with Crippen molar-refractivity contribution in [3.63, 3.8) is 0 Å². The first kappa shape index (κ1) is 11.8. The van der Waals surface area contributed by atoms with Gasteiger partial charge in [0.25, 0.3) is 0 Å². The van der Waals surface area contributed by atoms with Gasteiger partial charge in [0, 0.05) is 17.6 Å². The predicted molar refractivity (Wildman–Crippen MR) is 71.3 cm³/mol. The van der Waals surface area contributed by atoms with E-state index < -0.39 is 0 Å². The molecule has 0 amide bonds. The van der Waals surface area contributed by atoms with Gasteiger partial charge in [0.1, 0.15) is 10.8 Å². The molecule has 1 unspecified atom stereocenters. The van der Waals surface area contributed by atoms with E-state index in [1.54, 1.807) is 24.3 Å². The molecule has 1 atom stereocenters. The maximum absolute atomic E-state index is 13.3. The number of benzene rings is 1. The summed E-state index contributed by atoms with van der Waals surface area (Å²) < 4.78 is 13.3. The number of thiazole rings is 1. The van der Waals surface area contributed by atoms with Crippen molar-refractivity contribution in [2.45, 2.75) is 31.8 Å². The van der Waals surface area contributed by atoms with Gasteiger partial charge in [-0.2, -0.15) is 0 Å². The Morgan fingerprint density at radius 2 is 2.28 bits per heavy atom. The molecule has 3 rings (SSSR count). The number of hydrogen-bond donors (Lipinski definition) is 1. The SMILES string of the molecule is Cc1cc(C(NC2CC2)c2nccs2)ccc1F. The minimum Gasteiger partial charge on any atom is -0.301 e. The smallest absolute Gasteiger partial charge is 0.126 e. The molecule has 18 heavy (non-hydrogen) atoms. The first-order chi connectivity index (χ1) is 8.74. The number of rotatable bonds is 4. The number of hydrogen-bond acceptors (Lipinski definition) is 3. The third-order valence-electron chi connectivity index (χ3n) is 3.19. The van der Waals surface area contributed by atoms with Crippen molar-refractivity contribution in [2.75, 3.05) is 0 Å². The lowest BCUT2D eigenvalue weighted by molar-refractivity contribution is 0.589. The Hall–Kier alpha value is -1.26. The van der Waals surface area contributed by atoms with Crippen molar-refractivity contribution in [3.05, 3.63) is 51.7 Å². The zero-order chi connectivity index (χ0) is 12.5. The fourth-order valence-corrected chi connectivity index (χ4v) is 2.74. The summed E-state index contributed by atoms with van der Waals surface area (Å²) in [6.45, 7) is 1.80. The second-order valence-electron chi connectivity index (χ2n) is 4.75. The van der Waals surface area contributed by atoms with Crippen molar-refractivity contribution in [1.29, 1.82) is 0 Å². The quantitative estimate of drug-likeness (QED) is 0.913. The number of nitrogens with one attached hydrogen (secondary N) is 1. The normalized spacial score (nSPS) is 16.8. The van der Waals surface area contributed by atoms with Gasteiger partial charge in [-0.05, 0) is 37.0 Å². The Labute approximate surface area is 110 Å². The summed E-state index contributed by atoms with van der Waals surface area (Å²) in [4.78, 5) is 4.39. The summed E-state index contributed by atoms with van der Waals surface area (Å²) in [5.74, 6) is -0.150. The van der Waals surface area contributed by atoms with Gasteiger partial charge in [0.05, 0.1) is 6.04 Å². The highest BCUT2D eigenvalue weighted by Gasteiger charge is 2.27. The predicted octanol–water partition coefficient (Wildman–Crippen LogP) is 3.43. The molecule has 1 N–H and O–H groups in total. The van der Waals surface area contributed by atoms with Gasteiger partial charge < -0.3 is 5.32 Å². The minimum absolute atomic E-state index is 0.0943. The largest absolute Gasteiger partial charge is 0.301 e. The summed E-state index contributed by atoms with van der Waals surface area (Å²) >= 11 is 1.64. The summed E-state index contributed by atoms with van der Waals surface area (Å²) in [7, 11) is 0. The van der Waals surface area contributed by atoms with Crippen molar-refractivity contribution < 1.29 is 4.39 Å². The molecular weight excluding hydrogens is 247 g/mol. The Balaban J connectivity index is 1.93. The van der Waals surface area contributed by atoms with E-state index in [-0.39, 0.29) is 11.9 Å². The van der Waals surface area contributed by atoms with E-state index in [2.05, 4.69) is 10.3 Å². The summed E-state index contributed by atoms with van der Waals surface area (Å²) in [6.07, 6.45) is 4.27. The maximum atomic E-state index is 13.3. The highest BCUT2D eigenvalue weighted by atomic mass is 32.1. The number of nitrogens with zero attached hydrogens (tertiary/aromatic N) is 1. The van der Waals surface area contributed by atoms with Gasteiger partial charge in [0.2, 0.25) is 0 Å². The number of halogens is 1. The van der Waals surface area contributed by atoms with Crippen molar-refractivity contribution >= 4 is 11.3 Å². The molecule has 1 aromatic heterocycles. The average Bonchev–Trinajstić information content (AvgIpc) is 3.02. The first-order valence-electron chi connectivity index (χ1n) is 6.15. The lowest BCUT2D eigenvalue weighted by atomic mass is 10.0. The molecule has 0 saturated heterocycles. The second kappa shape index (κ2) is 4.78. The van der Waals surface area contributed by atoms with E-state index in [0.29, 0.717) is 11.6 Å². The Morgan fingerprint density at radius 3 is 2.89 bits per heavy atom. The lowest BCUT2D eigenvalue weighted by Crippen LogP contribution is -2.24. The van der Waals surface area contributed by atoms with Gasteiger partial charge in [-0.25, -0.2) is 9.37 Å². The van der Waals surface area contributed by atoms with E-state index in [1.807, 2.05) is 23.7 Å². The first-order valence-corrected chi connectivity index (χ1v) is 7.03. The number of aromatic nitrogens is 1. The molecule has 0 spiro atoms. The van der Waals surface area contributed by atoms with E-state index in [1.165, 1.54) is 12.8 Å². The molecule has 2 nitrogen and oxygen atoms in total. The summed E-state index contributed by atoms with van der Waals surface area (Å²) in [5.41, 5.74) is 1.78. The third-order valence-corrected chi connectivity index (χ3v) is 4.03. The van der Waals surface area contributed by atoms with E-state index in [4.69, 9.17) is 0 Å². The maximum Gasteiger partial charge on any atom is 0.126 e. The molecule has 1 aromatic carbocycles. The monoisotopic (exact) mass is 262 g/mol. The van der Waals surface area contributed by atoms with Crippen molar-refractivity contribution in [1.82, 2.24) is 10.3 Å². The standard InChI is InChI=1S/C14H15FN2S/c1-9-8-10(2-5-12(9)15)13(17-11-3-4-11)14-16-6-7-18-14/h2,5-8,11,13,17H,3-4H2,1H3.